The van der Waals surface area contributed by atoms with Crippen LogP contribution in [0.2, 0.25) is 5.02 Å². The van der Waals surface area contributed by atoms with Crippen molar-refractivity contribution in [3.63, 3.8) is 0 Å². The molecule has 0 aliphatic carbocycles. The normalized spacial score (nSPS) is 18.1. The van der Waals surface area contributed by atoms with Gasteiger partial charge in [-0.25, -0.2) is 0 Å². The van der Waals surface area contributed by atoms with Crippen LogP contribution in [0.15, 0.2) is 64.7 Å². The maximum absolute atomic E-state index is 9.74. The van der Waals surface area contributed by atoms with Crippen LogP contribution in [0.1, 0.15) is 16.7 Å². The van der Waals surface area contributed by atoms with Crippen molar-refractivity contribution < 1.29 is 0 Å². The molecule has 124 valence electrons. The van der Waals surface area contributed by atoms with Crippen LogP contribution in [0, 0.1) is 11.3 Å². The van der Waals surface area contributed by atoms with Crippen LogP contribution in [0.25, 0.3) is 5.70 Å². The predicted molar refractivity (Wildman–Crippen MR) is 103 cm³/mol. The van der Waals surface area contributed by atoms with Crippen molar-refractivity contribution in [2.45, 2.75) is 13.0 Å². The van der Waals surface area contributed by atoms with Crippen LogP contribution >= 0.6 is 23.4 Å². The number of thioether (sulfide) groups is 1. The molecule has 0 aromatic heterocycles. The van der Waals surface area contributed by atoms with Gasteiger partial charge in [-0.3, -0.25) is 0 Å². The van der Waals surface area contributed by atoms with Gasteiger partial charge in [0.05, 0.1) is 5.70 Å². The second-order valence-corrected chi connectivity index (χ2v) is 7.33. The molecule has 2 aromatic carbocycles. The van der Waals surface area contributed by atoms with E-state index in [0.717, 1.165) is 40.8 Å². The van der Waals surface area contributed by atoms with E-state index in [1.807, 2.05) is 29.7 Å². The number of halogens is 1. The van der Waals surface area contributed by atoms with Crippen LogP contribution in [0.3, 0.4) is 0 Å². The zero-order valence-electron chi connectivity index (χ0n) is 13.5. The number of nitrogens with one attached hydrogen (secondary N) is 1. The van der Waals surface area contributed by atoms with Crippen molar-refractivity contribution in [1.82, 2.24) is 10.2 Å². The SMILES string of the molecule is N#C/C(=C1\NC(c2ccc(Cl)cc2)=CS1)N1CCc2ccccc2C1. The number of hydrogen-bond donors (Lipinski definition) is 1. The second-order valence-electron chi connectivity index (χ2n) is 6.01. The summed E-state index contributed by atoms with van der Waals surface area (Å²) >= 11 is 7.53. The average molecular weight is 366 g/mol. The standard InChI is InChI=1S/C20H16ClN3S/c21-17-7-5-15(6-8-17)18-13-25-20(23-18)19(11-22)24-10-9-14-3-1-2-4-16(14)12-24/h1-8,13,23H,9-10,12H2/b20-19-. The summed E-state index contributed by atoms with van der Waals surface area (Å²) in [4.78, 5) is 2.16. The summed E-state index contributed by atoms with van der Waals surface area (Å²) in [5.41, 5.74) is 5.46. The molecular weight excluding hydrogens is 350 g/mol. The summed E-state index contributed by atoms with van der Waals surface area (Å²) in [6.45, 7) is 1.64. The summed E-state index contributed by atoms with van der Waals surface area (Å²) in [5, 5.41) is 16.8. The number of allylic oxidation sites excluding steroid dienone is 1. The number of nitriles is 1. The molecule has 0 bridgehead atoms. The third kappa shape index (κ3) is 3.26. The first-order valence-electron chi connectivity index (χ1n) is 8.10. The molecule has 4 rings (SSSR count). The van der Waals surface area contributed by atoms with E-state index in [1.165, 1.54) is 11.1 Å². The topological polar surface area (TPSA) is 39.1 Å². The first-order chi connectivity index (χ1) is 12.2. The number of nitrogens with zero attached hydrogens (tertiary/aromatic N) is 2. The van der Waals surface area contributed by atoms with Crippen LogP contribution in [-0.2, 0) is 13.0 Å². The fourth-order valence-electron chi connectivity index (χ4n) is 3.14. The van der Waals surface area contributed by atoms with E-state index in [2.05, 4.69) is 40.6 Å². The molecule has 0 amide bonds. The van der Waals surface area contributed by atoms with Crippen molar-refractivity contribution in [3.05, 3.63) is 86.4 Å². The average Bonchev–Trinajstić information content (AvgIpc) is 3.12. The highest BCUT2D eigenvalue weighted by Crippen LogP contribution is 2.34. The van der Waals surface area contributed by atoms with E-state index >= 15 is 0 Å². The lowest BCUT2D eigenvalue weighted by Gasteiger charge is -2.30. The Hall–Kier alpha value is -2.35. The van der Waals surface area contributed by atoms with Gasteiger partial charge in [-0.1, -0.05) is 59.8 Å². The Morgan fingerprint density at radius 1 is 1.12 bits per heavy atom. The van der Waals surface area contributed by atoms with Gasteiger partial charge in [-0.15, -0.1) is 0 Å². The molecule has 3 nitrogen and oxygen atoms in total. The van der Waals surface area contributed by atoms with E-state index in [1.54, 1.807) is 11.8 Å². The zero-order valence-corrected chi connectivity index (χ0v) is 15.1. The van der Waals surface area contributed by atoms with E-state index in [0.29, 0.717) is 5.70 Å². The van der Waals surface area contributed by atoms with Crippen molar-refractivity contribution in [1.29, 1.82) is 5.26 Å². The number of benzene rings is 2. The molecule has 0 fully saturated rings. The monoisotopic (exact) mass is 365 g/mol. The lowest BCUT2D eigenvalue weighted by Crippen LogP contribution is -2.31. The minimum Gasteiger partial charge on any atom is -0.356 e. The summed E-state index contributed by atoms with van der Waals surface area (Å²) in [6.07, 6.45) is 0.969. The fraction of sp³-hybridized carbons (Fsp3) is 0.150. The molecular formula is C20H16ClN3S. The molecule has 1 N–H and O–H groups in total. The van der Waals surface area contributed by atoms with Crippen molar-refractivity contribution in [3.8, 4) is 6.07 Å². The van der Waals surface area contributed by atoms with Gasteiger partial charge < -0.3 is 10.2 Å². The van der Waals surface area contributed by atoms with Crippen LogP contribution in [0.5, 0.6) is 0 Å². The van der Waals surface area contributed by atoms with Crippen LogP contribution in [0.4, 0.5) is 0 Å². The molecule has 2 aromatic rings. The summed E-state index contributed by atoms with van der Waals surface area (Å²) < 4.78 is 0. The minimum atomic E-state index is 0.708. The molecule has 0 spiro atoms. The van der Waals surface area contributed by atoms with Gasteiger partial charge in [0.15, 0.2) is 0 Å². The Balaban J connectivity index is 1.56. The second kappa shape index (κ2) is 6.87. The van der Waals surface area contributed by atoms with Gasteiger partial charge in [-0.05, 0) is 35.2 Å². The highest BCUT2D eigenvalue weighted by Gasteiger charge is 2.23. The molecule has 0 radical (unpaired) electrons. The highest BCUT2D eigenvalue weighted by molar-refractivity contribution is 8.06. The largest absolute Gasteiger partial charge is 0.356 e. The molecule has 25 heavy (non-hydrogen) atoms. The highest BCUT2D eigenvalue weighted by atomic mass is 35.5. The van der Waals surface area contributed by atoms with Crippen LogP contribution in [-0.4, -0.2) is 11.4 Å². The van der Waals surface area contributed by atoms with E-state index < -0.39 is 0 Å². The van der Waals surface area contributed by atoms with Gasteiger partial charge in [0, 0.05) is 23.5 Å². The third-order valence-electron chi connectivity index (χ3n) is 4.47. The quantitative estimate of drug-likeness (QED) is 0.781. The number of rotatable bonds is 2. The fourth-order valence-corrected chi connectivity index (χ4v) is 4.15. The Kier molecular flexibility index (Phi) is 4.44. The molecule has 5 heteroatoms. The smallest absolute Gasteiger partial charge is 0.147 e. The first kappa shape index (κ1) is 16.1. The van der Waals surface area contributed by atoms with E-state index in [-0.39, 0.29) is 0 Å². The molecule has 2 aliphatic heterocycles. The molecule has 2 aliphatic rings. The maximum Gasteiger partial charge on any atom is 0.147 e. The van der Waals surface area contributed by atoms with Gasteiger partial charge in [-0.2, -0.15) is 5.26 Å². The van der Waals surface area contributed by atoms with E-state index in [4.69, 9.17) is 11.6 Å². The van der Waals surface area contributed by atoms with Gasteiger partial charge in [0.25, 0.3) is 0 Å². The molecule has 0 atom stereocenters. The van der Waals surface area contributed by atoms with Crippen LogP contribution < -0.4 is 5.32 Å². The zero-order chi connectivity index (χ0) is 17.2. The Morgan fingerprint density at radius 2 is 1.88 bits per heavy atom. The van der Waals surface area contributed by atoms with Gasteiger partial charge >= 0.3 is 0 Å². The number of hydrogen-bond acceptors (Lipinski definition) is 4. The van der Waals surface area contributed by atoms with Crippen molar-refractivity contribution in [2.75, 3.05) is 6.54 Å². The lowest BCUT2D eigenvalue weighted by molar-refractivity contribution is 0.332. The summed E-state index contributed by atoms with van der Waals surface area (Å²) in [5.74, 6) is 0. The number of fused-ring (bicyclic) bond motifs is 1. The van der Waals surface area contributed by atoms with Crippen molar-refractivity contribution in [2.24, 2.45) is 0 Å². The molecule has 0 saturated heterocycles. The first-order valence-corrected chi connectivity index (χ1v) is 9.36. The third-order valence-corrected chi connectivity index (χ3v) is 5.60. The lowest BCUT2D eigenvalue weighted by atomic mass is 10.00. The Bertz CT molecular complexity index is 909. The van der Waals surface area contributed by atoms with Crippen molar-refractivity contribution >= 4 is 29.1 Å². The molecule has 0 unspecified atom stereocenters. The minimum absolute atomic E-state index is 0.708. The maximum atomic E-state index is 9.74. The molecule has 2 heterocycles. The van der Waals surface area contributed by atoms with E-state index in [9.17, 15) is 5.26 Å². The Morgan fingerprint density at radius 3 is 2.64 bits per heavy atom. The summed E-state index contributed by atoms with van der Waals surface area (Å²) in [7, 11) is 0. The molecule has 0 saturated carbocycles. The Labute approximate surface area is 156 Å². The van der Waals surface area contributed by atoms with Gasteiger partial charge in [0.2, 0.25) is 0 Å². The van der Waals surface area contributed by atoms with Gasteiger partial charge in [0.1, 0.15) is 16.8 Å². The summed E-state index contributed by atoms with van der Waals surface area (Å²) in [6, 6.07) is 18.6. The predicted octanol–water partition coefficient (Wildman–Crippen LogP) is 4.73.